The first kappa shape index (κ1) is 13.7. The lowest BCUT2D eigenvalue weighted by molar-refractivity contribution is -0.386. The van der Waals surface area contributed by atoms with Crippen molar-refractivity contribution < 1.29 is 18.4 Å². The number of nitrogens with zero attached hydrogens (tertiary/aromatic N) is 1. The number of rotatable bonds is 4. The standard InChI is InChI=1S/C12H14F2N2O3/c1-19-9-3-2-8(6-9)15-11-5-7(13)4-10(14)12(11)16(17)18/h4-5,8-9,15H,2-3,6H2,1H3. The number of nitrogens with one attached hydrogen (secondary N) is 1. The topological polar surface area (TPSA) is 64.4 Å². The maximum Gasteiger partial charge on any atom is 0.327 e. The lowest BCUT2D eigenvalue weighted by Crippen LogP contribution is -2.18. The summed E-state index contributed by atoms with van der Waals surface area (Å²) in [5, 5.41) is 13.7. The Kier molecular flexibility index (Phi) is 3.94. The SMILES string of the molecule is COC1CCC(Nc2cc(F)cc(F)c2[N+](=O)[O-])C1. The molecule has 2 unspecified atom stereocenters. The lowest BCUT2D eigenvalue weighted by atomic mass is 10.2. The highest BCUT2D eigenvalue weighted by atomic mass is 19.1. The Morgan fingerprint density at radius 2 is 2.16 bits per heavy atom. The summed E-state index contributed by atoms with van der Waals surface area (Å²) >= 11 is 0. The zero-order valence-electron chi connectivity index (χ0n) is 10.4. The van der Waals surface area contributed by atoms with Crippen LogP contribution in [0.2, 0.25) is 0 Å². The quantitative estimate of drug-likeness (QED) is 0.676. The Morgan fingerprint density at radius 1 is 1.42 bits per heavy atom. The molecule has 0 amide bonds. The van der Waals surface area contributed by atoms with Crippen LogP contribution in [-0.2, 0) is 4.74 Å². The summed E-state index contributed by atoms with van der Waals surface area (Å²) in [4.78, 5) is 9.98. The normalized spacial score (nSPS) is 22.5. The summed E-state index contributed by atoms with van der Waals surface area (Å²) in [6.07, 6.45) is 2.30. The van der Waals surface area contributed by atoms with E-state index >= 15 is 0 Å². The van der Waals surface area contributed by atoms with Gasteiger partial charge in [-0.15, -0.1) is 0 Å². The van der Waals surface area contributed by atoms with Crippen LogP contribution in [0.5, 0.6) is 0 Å². The minimum atomic E-state index is -1.17. The fraction of sp³-hybridized carbons (Fsp3) is 0.500. The number of methoxy groups -OCH3 is 1. The van der Waals surface area contributed by atoms with E-state index in [1.54, 1.807) is 7.11 Å². The number of halogens is 2. The van der Waals surface area contributed by atoms with Gasteiger partial charge in [0, 0.05) is 25.3 Å². The summed E-state index contributed by atoms with van der Waals surface area (Å²) in [5.74, 6) is -2.01. The Labute approximate surface area is 108 Å². The van der Waals surface area contributed by atoms with E-state index in [1.165, 1.54) is 0 Å². The Balaban J connectivity index is 2.22. The van der Waals surface area contributed by atoms with Crippen molar-refractivity contribution in [2.75, 3.05) is 12.4 Å². The third kappa shape index (κ3) is 2.98. The van der Waals surface area contributed by atoms with Gasteiger partial charge < -0.3 is 10.1 Å². The second-order valence-electron chi connectivity index (χ2n) is 4.55. The highest BCUT2D eigenvalue weighted by molar-refractivity contribution is 5.62. The molecule has 1 fully saturated rings. The van der Waals surface area contributed by atoms with Crippen LogP contribution >= 0.6 is 0 Å². The van der Waals surface area contributed by atoms with Crippen LogP contribution in [0, 0.1) is 21.7 Å². The van der Waals surface area contributed by atoms with Crippen molar-refractivity contribution in [2.24, 2.45) is 0 Å². The fourth-order valence-corrected chi connectivity index (χ4v) is 2.37. The van der Waals surface area contributed by atoms with Gasteiger partial charge in [0.2, 0.25) is 5.82 Å². The van der Waals surface area contributed by atoms with Crippen molar-refractivity contribution in [1.82, 2.24) is 0 Å². The monoisotopic (exact) mass is 272 g/mol. The maximum atomic E-state index is 13.4. The fourth-order valence-electron chi connectivity index (χ4n) is 2.37. The van der Waals surface area contributed by atoms with Gasteiger partial charge in [0.15, 0.2) is 0 Å². The van der Waals surface area contributed by atoms with Gasteiger partial charge in [0.1, 0.15) is 11.5 Å². The van der Waals surface area contributed by atoms with Crippen LogP contribution in [0.1, 0.15) is 19.3 Å². The van der Waals surface area contributed by atoms with Crippen LogP contribution in [0.15, 0.2) is 12.1 Å². The first-order chi connectivity index (χ1) is 9.01. The largest absolute Gasteiger partial charge is 0.381 e. The molecule has 0 spiro atoms. The van der Waals surface area contributed by atoms with E-state index in [4.69, 9.17) is 4.74 Å². The molecule has 1 aromatic rings. The van der Waals surface area contributed by atoms with Gasteiger partial charge in [-0.3, -0.25) is 10.1 Å². The summed E-state index contributed by atoms with van der Waals surface area (Å²) in [5.41, 5.74) is -0.841. The lowest BCUT2D eigenvalue weighted by Gasteiger charge is -2.14. The third-order valence-electron chi connectivity index (χ3n) is 3.29. The van der Waals surface area contributed by atoms with E-state index < -0.39 is 22.2 Å². The first-order valence-electron chi connectivity index (χ1n) is 5.94. The molecule has 0 bridgehead atoms. The Morgan fingerprint density at radius 3 is 2.74 bits per heavy atom. The van der Waals surface area contributed by atoms with Gasteiger partial charge in [-0.1, -0.05) is 0 Å². The van der Waals surface area contributed by atoms with Crippen LogP contribution in [0.25, 0.3) is 0 Å². The average Bonchev–Trinajstić information content (AvgIpc) is 2.75. The highest BCUT2D eigenvalue weighted by Crippen LogP contribution is 2.32. The molecule has 5 nitrogen and oxygen atoms in total. The number of benzene rings is 1. The molecule has 1 N–H and O–H groups in total. The average molecular weight is 272 g/mol. The second-order valence-corrected chi connectivity index (χ2v) is 4.55. The van der Waals surface area contributed by atoms with Crippen molar-refractivity contribution in [2.45, 2.75) is 31.4 Å². The molecular formula is C12H14F2N2O3. The van der Waals surface area contributed by atoms with Crippen molar-refractivity contribution in [1.29, 1.82) is 0 Å². The molecule has 0 heterocycles. The molecule has 1 aromatic carbocycles. The van der Waals surface area contributed by atoms with E-state index in [2.05, 4.69) is 5.32 Å². The third-order valence-corrected chi connectivity index (χ3v) is 3.29. The van der Waals surface area contributed by atoms with Crippen molar-refractivity contribution in [3.05, 3.63) is 33.9 Å². The minimum Gasteiger partial charge on any atom is -0.381 e. The molecule has 1 aliphatic rings. The van der Waals surface area contributed by atoms with E-state index in [0.29, 0.717) is 12.5 Å². The minimum absolute atomic E-state index is 0.0787. The summed E-state index contributed by atoms with van der Waals surface area (Å²) in [7, 11) is 1.59. The van der Waals surface area contributed by atoms with Crippen molar-refractivity contribution in [3.63, 3.8) is 0 Å². The molecule has 7 heteroatoms. The number of nitro benzene ring substituents is 1. The molecule has 19 heavy (non-hydrogen) atoms. The van der Waals surface area contributed by atoms with Gasteiger partial charge in [-0.25, -0.2) is 4.39 Å². The zero-order chi connectivity index (χ0) is 14.0. The molecule has 1 aliphatic carbocycles. The molecule has 0 saturated heterocycles. The number of ether oxygens (including phenoxy) is 1. The summed E-state index contributed by atoms with van der Waals surface area (Å²) in [6, 6.07) is 1.38. The van der Waals surface area contributed by atoms with Crippen LogP contribution < -0.4 is 5.32 Å². The molecule has 104 valence electrons. The highest BCUT2D eigenvalue weighted by Gasteiger charge is 2.28. The van der Waals surface area contributed by atoms with E-state index in [1.807, 2.05) is 0 Å². The second kappa shape index (κ2) is 5.48. The Bertz CT molecular complexity index is 496. The maximum absolute atomic E-state index is 13.4. The van der Waals surface area contributed by atoms with Crippen molar-refractivity contribution in [3.8, 4) is 0 Å². The van der Waals surface area contributed by atoms with Gasteiger partial charge in [-0.2, -0.15) is 4.39 Å². The molecule has 2 rings (SSSR count). The molecule has 2 atom stereocenters. The molecular weight excluding hydrogens is 258 g/mol. The number of hydrogen-bond donors (Lipinski definition) is 1. The number of anilines is 1. The van der Waals surface area contributed by atoms with E-state index in [-0.39, 0.29) is 17.8 Å². The predicted molar refractivity (Wildman–Crippen MR) is 65.1 cm³/mol. The smallest absolute Gasteiger partial charge is 0.327 e. The van der Waals surface area contributed by atoms with E-state index in [0.717, 1.165) is 18.9 Å². The van der Waals surface area contributed by atoms with Crippen LogP contribution in [0.4, 0.5) is 20.2 Å². The Hall–Kier alpha value is -1.76. The van der Waals surface area contributed by atoms with Gasteiger partial charge in [0.05, 0.1) is 11.0 Å². The molecule has 1 saturated carbocycles. The number of nitro groups is 1. The van der Waals surface area contributed by atoms with Crippen LogP contribution in [-0.4, -0.2) is 24.2 Å². The van der Waals surface area contributed by atoms with Gasteiger partial charge in [-0.05, 0) is 19.3 Å². The van der Waals surface area contributed by atoms with Gasteiger partial charge >= 0.3 is 5.69 Å². The first-order valence-corrected chi connectivity index (χ1v) is 5.94. The summed E-state index contributed by atoms with van der Waals surface area (Å²) < 4.78 is 31.8. The van der Waals surface area contributed by atoms with E-state index in [9.17, 15) is 18.9 Å². The molecule has 0 radical (unpaired) electrons. The summed E-state index contributed by atoms with van der Waals surface area (Å²) in [6.45, 7) is 0. The molecule has 0 aromatic heterocycles. The van der Waals surface area contributed by atoms with Crippen molar-refractivity contribution >= 4 is 11.4 Å². The predicted octanol–water partition coefficient (Wildman–Crippen LogP) is 2.85. The number of hydrogen-bond acceptors (Lipinski definition) is 4. The van der Waals surface area contributed by atoms with Crippen LogP contribution in [0.3, 0.4) is 0 Å². The zero-order valence-corrected chi connectivity index (χ0v) is 10.4. The molecule has 0 aliphatic heterocycles. The van der Waals surface area contributed by atoms with Gasteiger partial charge in [0.25, 0.3) is 0 Å².